The summed E-state index contributed by atoms with van der Waals surface area (Å²) in [6.07, 6.45) is 4.17. The van der Waals surface area contributed by atoms with Crippen molar-refractivity contribution in [2.75, 3.05) is 17.7 Å². The summed E-state index contributed by atoms with van der Waals surface area (Å²) in [6, 6.07) is 3.82. The van der Waals surface area contributed by atoms with Crippen LogP contribution in [-0.4, -0.2) is 39.0 Å². The predicted molar refractivity (Wildman–Crippen MR) is 84.9 cm³/mol. The summed E-state index contributed by atoms with van der Waals surface area (Å²) in [7, 11) is 0. The standard InChI is InChI=1S/C13H16N4O3S2/c1-2-20-11(19)9-21-13-16-15-12(22-13)14-10(18)5-8-17-6-3-4-7-17/h3-4,6-7H,2,5,8-9H2,1H3,(H,14,15,18). The molecule has 1 amide bonds. The Bertz CT molecular complexity index is 613. The first-order valence-electron chi connectivity index (χ1n) is 6.70. The molecule has 0 unspecified atom stereocenters. The van der Waals surface area contributed by atoms with Crippen LogP contribution >= 0.6 is 23.1 Å². The second-order valence-electron chi connectivity index (χ2n) is 4.19. The van der Waals surface area contributed by atoms with Crippen molar-refractivity contribution >= 4 is 40.1 Å². The van der Waals surface area contributed by atoms with Crippen molar-refractivity contribution in [2.45, 2.75) is 24.2 Å². The molecule has 7 nitrogen and oxygen atoms in total. The largest absolute Gasteiger partial charge is 0.465 e. The molecule has 9 heteroatoms. The number of hydrogen-bond acceptors (Lipinski definition) is 7. The summed E-state index contributed by atoms with van der Waals surface area (Å²) in [6.45, 7) is 2.73. The number of carbonyl (C=O) groups is 2. The normalized spacial score (nSPS) is 10.4. The number of esters is 1. The summed E-state index contributed by atoms with van der Waals surface area (Å²) >= 11 is 2.48. The average Bonchev–Trinajstić information content (AvgIpc) is 3.15. The van der Waals surface area contributed by atoms with Gasteiger partial charge < -0.3 is 14.6 Å². The van der Waals surface area contributed by atoms with Crippen LogP contribution in [0.25, 0.3) is 0 Å². The van der Waals surface area contributed by atoms with E-state index in [1.54, 1.807) is 6.92 Å². The lowest BCUT2D eigenvalue weighted by Crippen LogP contribution is -2.13. The van der Waals surface area contributed by atoms with Crippen LogP contribution in [0.4, 0.5) is 5.13 Å². The second kappa shape index (κ2) is 8.54. The van der Waals surface area contributed by atoms with Gasteiger partial charge in [-0.1, -0.05) is 23.1 Å². The van der Waals surface area contributed by atoms with Crippen LogP contribution in [0.15, 0.2) is 28.9 Å². The molecule has 2 aromatic rings. The number of hydrogen-bond donors (Lipinski definition) is 1. The van der Waals surface area contributed by atoms with Gasteiger partial charge in [0.15, 0.2) is 4.34 Å². The van der Waals surface area contributed by atoms with Crippen LogP contribution in [-0.2, 0) is 20.9 Å². The zero-order valence-electron chi connectivity index (χ0n) is 12.0. The van der Waals surface area contributed by atoms with Crippen molar-refractivity contribution in [3.63, 3.8) is 0 Å². The molecule has 0 aliphatic carbocycles. The lowest BCUT2D eigenvalue weighted by molar-refractivity contribution is -0.139. The Labute approximate surface area is 136 Å². The van der Waals surface area contributed by atoms with Crippen molar-refractivity contribution in [3.05, 3.63) is 24.5 Å². The number of thioether (sulfide) groups is 1. The summed E-state index contributed by atoms with van der Waals surface area (Å²) in [5.74, 6) is -0.226. The van der Waals surface area contributed by atoms with Gasteiger partial charge in [-0.3, -0.25) is 9.59 Å². The fourth-order valence-electron chi connectivity index (χ4n) is 1.57. The SMILES string of the molecule is CCOC(=O)CSc1nnc(NC(=O)CCn2cccc2)s1. The maximum absolute atomic E-state index is 11.8. The van der Waals surface area contributed by atoms with Crippen LogP contribution in [0.5, 0.6) is 0 Å². The molecule has 0 spiro atoms. The first-order chi connectivity index (χ1) is 10.7. The van der Waals surface area contributed by atoms with E-state index in [9.17, 15) is 9.59 Å². The number of ether oxygens (including phenoxy) is 1. The summed E-state index contributed by atoms with van der Waals surface area (Å²) in [5, 5.41) is 10.9. The third-order valence-corrected chi connectivity index (χ3v) is 4.48. The number of aromatic nitrogens is 3. The third kappa shape index (κ3) is 5.49. The van der Waals surface area contributed by atoms with Gasteiger partial charge in [0.1, 0.15) is 0 Å². The number of nitrogens with zero attached hydrogens (tertiary/aromatic N) is 3. The number of amides is 1. The van der Waals surface area contributed by atoms with E-state index in [1.165, 1.54) is 23.1 Å². The number of anilines is 1. The molecule has 2 rings (SSSR count). The molecule has 0 aromatic carbocycles. The highest BCUT2D eigenvalue weighted by Crippen LogP contribution is 2.25. The van der Waals surface area contributed by atoms with Gasteiger partial charge in [-0.15, -0.1) is 10.2 Å². The van der Waals surface area contributed by atoms with E-state index in [0.717, 1.165) is 0 Å². The van der Waals surface area contributed by atoms with Gasteiger partial charge in [0, 0.05) is 25.4 Å². The van der Waals surface area contributed by atoms with E-state index in [1.807, 2.05) is 29.1 Å². The molecule has 0 aliphatic rings. The molecule has 118 valence electrons. The first-order valence-corrected chi connectivity index (χ1v) is 8.50. The number of aryl methyl sites for hydroxylation is 1. The fraction of sp³-hybridized carbons (Fsp3) is 0.385. The number of rotatable bonds is 8. The van der Waals surface area contributed by atoms with Crippen molar-refractivity contribution < 1.29 is 14.3 Å². The van der Waals surface area contributed by atoms with E-state index < -0.39 is 0 Å². The summed E-state index contributed by atoms with van der Waals surface area (Å²) in [5.41, 5.74) is 0. The van der Waals surface area contributed by atoms with Crippen LogP contribution in [0, 0.1) is 0 Å². The Kier molecular flexibility index (Phi) is 6.41. The molecule has 0 radical (unpaired) electrons. The number of nitrogens with one attached hydrogen (secondary N) is 1. The summed E-state index contributed by atoms with van der Waals surface area (Å²) < 4.78 is 7.38. The smallest absolute Gasteiger partial charge is 0.316 e. The van der Waals surface area contributed by atoms with E-state index >= 15 is 0 Å². The topological polar surface area (TPSA) is 86.1 Å². The van der Waals surface area contributed by atoms with Crippen molar-refractivity contribution in [1.29, 1.82) is 0 Å². The Morgan fingerprint density at radius 2 is 2.14 bits per heavy atom. The lowest BCUT2D eigenvalue weighted by atomic mass is 10.4. The molecule has 2 aromatic heterocycles. The Morgan fingerprint density at radius 3 is 2.86 bits per heavy atom. The number of carbonyl (C=O) groups excluding carboxylic acids is 2. The van der Waals surface area contributed by atoms with Crippen LogP contribution < -0.4 is 5.32 Å². The van der Waals surface area contributed by atoms with Gasteiger partial charge >= 0.3 is 5.97 Å². The average molecular weight is 340 g/mol. The van der Waals surface area contributed by atoms with Crippen LogP contribution in [0.2, 0.25) is 0 Å². The Morgan fingerprint density at radius 1 is 1.36 bits per heavy atom. The minimum absolute atomic E-state index is 0.119. The molecule has 22 heavy (non-hydrogen) atoms. The molecular formula is C13H16N4O3S2. The maximum atomic E-state index is 11.8. The van der Waals surface area contributed by atoms with E-state index in [2.05, 4.69) is 15.5 Å². The van der Waals surface area contributed by atoms with E-state index in [4.69, 9.17) is 4.74 Å². The highest BCUT2D eigenvalue weighted by atomic mass is 32.2. The highest BCUT2D eigenvalue weighted by Gasteiger charge is 2.10. The molecular weight excluding hydrogens is 324 g/mol. The van der Waals surface area contributed by atoms with Crippen LogP contribution in [0.3, 0.4) is 0 Å². The fourth-order valence-corrected chi connectivity index (χ4v) is 3.14. The van der Waals surface area contributed by atoms with Gasteiger partial charge in [0.25, 0.3) is 0 Å². The predicted octanol–water partition coefficient (Wildman–Crippen LogP) is 2.02. The van der Waals surface area contributed by atoms with Crippen LogP contribution in [0.1, 0.15) is 13.3 Å². The van der Waals surface area contributed by atoms with Crippen molar-refractivity contribution in [2.24, 2.45) is 0 Å². The van der Waals surface area contributed by atoms with Crippen molar-refractivity contribution in [1.82, 2.24) is 14.8 Å². The van der Waals surface area contributed by atoms with Gasteiger partial charge in [-0.25, -0.2) is 0 Å². The Balaban J connectivity index is 1.74. The molecule has 0 atom stereocenters. The Hall–Kier alpha value is -1.87. The zero-order chi connectivity index (χ0) is 15.8. The molecule has 0 saturated carbocycles. The van der Waals surface area contributed by atoms with Gasteiger partial charge in [-0.05, 0) is 19.1 Å². The zero-order valence-corrected chi connectivity index (χ0v) is 13.7. The molecule has 1 N–H and O–H groups in total. The maximum Gasteiger partial charge on any atom is 0.316 e. The molecule has 0 saturated heterocycles. The van der Waals surface area contributed by atoms with Gasteiger partial charge in [0.05, 0.1) is 12.4 Å². The monoisotopic (exact) mass is 340 g/mol. The molecule has 0 aliphatic heterocycles. The van der Waals surface area contributed by atoms with Gasteiger partial charge in [0.2, 0.25) is 11.0 Å². The van der Waals surface area contributed by atoms with E-state index in [-0.39, 0.29) is 17.6 Å². The van der Waals surface area contributed by atoms with E-state index in [0.29, 0.717) is 29.0 Å². The molecule has 0 fully saturated rings. The second-order valence-corrected chi connectivity index (χ2v) is 6.39. The lowest BCUT2D eigenvalue weighted by Gasteiger charge is -2.02. The third-order valence-electron chi connectivity index (χ3n) is 2.53. The first kappa shape index (κ1) is 16.5. The highest BCUT2D eigenvalue weighted by molar-refractivity contribution is 8.01. The minimum atomic E-state index is -0.292. The minimum Gasteiger partial charge on any atom is -0.465 e. The molecule has 2 heterocycles. The quantitative estimate of drug-likeness (QED) is 0.449. The van der Waals surface area contributed by atoms with Crippen molar-refractivity contribution in [3.8, 4) is 0 Å². The molecule has 0 bridgehead atoms. The summed E-state index contributed by atoms with van der Waals surface area (Å²) in [4.78, 5) is 23.0. The van der Waals surface area contributed by atoms with Gasteiger partial charge in [-0.2, -0.15) is 0 Å².